The summed E-state index contributed by atoms with van der Waals surface area (Å²) in [6, 6.07) is 0. The van der Waals surface area contributed by atoms with E-state index in [1.54, 1.807) is 0 Å². The molecular weight excluding hydrogens is 324 g/mol. The van der Waals surface area contributed by atoms with Crippen molar-refractivity contribution < 1.29 is 4.79 Å². The van der Waals surface area contributed by atoms with Gasteiger partial charge in [-0.3, -0.25) is 4.79 Å². The average Bonchev–Trinajstić information content (AvgIpc) is 3.10. The van der Waals surface area contributed by atoms with E-state index < -0.39 is 0 Å². The second-order valence-electron chi connectivity index (χ2n) is 6.24. The smallest absolute Gasteiger partial charge is 0.240 e. The van der Waals surface area contributed by atoms with E-state index in [2.05, 4.69) is 37.3 Å². The fourth-order valence-electron chi connectivity index (χ4n) is 2.96. The molecule has 0 spiro atoms. The van der Waals surface area contributed by atoms with E-state index in [0.717, 1.165) is 54.6 Å². The fourth-order valence-corrected chi connectivity index (χ4v) is 3.79. The molecule has 3 heterocycles. The van der Waals surface area contributed by atoms with E-state index in [-0.39, 0.29) is 5.91 Å². The highest BCUT2D eigenvalue weighted by Crippen LogP contribution is 2.21. The minimum atomic E-state index is -0.0428. The molecule has 3 rings (SSSR count). The molecule has 1 atom stereocenters. The number of rotatable bonds is 6. The molecule has 0 radical (unpaired) electrons. The monoisotopic (exact) mass is 348 g/mol. The van der Waals surface area contributed by atoms with Crippen LogP contribution in [0.5, 0.6) is 0 Å². The Labute approximate surface area is 145 Å². The summed E-state index contributed by atoms with van der Waals surface area (Å²) in [5, 5.41) is 15.3. The van der Waals surface area contributed by atoms with Crippen molar-refractivity contribution in [3.8, 4) is 0 Å². The van der Waals surface area contributed by atoms with Crippen molar-refractivity contribution in [3.63, 3.8) is 0 Å². The number of nitrogens with zero attached hydrogens (tertiary/aromatic N) is 4. The molecule has 2 N–H and O–H groups in total. The van der Waals surface area contributed by atoms with Crippen LogP contribution in [-0.2, 0) is 24.2 Å². The molecule has 0 unspecified atom stereocenters. The zero-order valence-corrected chi connectivity index (χ0v) is 15.2. The second kappa shape index (κ2) is 7.40. The lowest BCUT2D eigenvalue weighted by Crippen LogP contribution is -2.35. The minimum Gasteiger partial charge on any atom is -0.315 e. The Balaban J connectivity index is 1.44. The van der Waals surface area contributed by atoms with Gasteiger partial charge in [-0.25, -0.2) is 4.98 Å². The van der Waals surface area contributed by atoms with Crippen molar-refractivity contribution in [1.82, 2.24) is 25.1 Å². The highest BCUT2D eigenvalue weighted by Gasteiger charge is 2.22. The normalized spacial score (nSPS) is 16.9. The maximum Gasteiger partial charge on any atom is 0.240 e. The van der Waals surface area contributed by atoms with Gasteiger partial charge in [0.2, 0.25) is 5.91 Å². The number of aryl methyl sites for hydroxylation is 4. The summed E-state index contributed by atoms with van der Waals surface area (Å²) >= 11 is 1.51. The first-order valence-electron chi connectivity index (χ1n) is 8.42. The highest BCUT2D eigenvalue weighted by atomic mass is 32.1. The molecule has 1 amide bonds. The number of carbonyl (C=O) groups is 1. The van der Waals surface area contributed by atoms with Crippen LogP contribution >= 0.6 is 11.3 Å². The summed E-state index contributed by atoms with van der Waals surface area (Å²) in [7, 11) is 0. The summed E-state index contributed by atoms with van der Waals surface area (Å²) in [6.45, 7) is 8.13. The number of aromatic nitrogens is 4. The molecule has 8 heteroatoms. The third kappa shape index (κ3) is 3.81. The van der Waals surface area contributed by atoms with E-state index in [1.165, 1.54) is 11.3 Å². The molecule has 1 aliphatic rings. The Morgan fingerprint density at radius 1 is 1.38 bits per heavy atom. The van der Waals surface area contributed by atoms with Crippen molar-refractivity contribution in [3.05, 3.63) is 22.2 Å². The number of hydrogen-bond donors (Lipinski definition) is 2. The summed E-state index contributed by atoms with van der Waals surface area (Å²) in [5.41, 5.74) is 0.974. The third-order valence-electron chi connectivity index (χ3n) is 4.43. The van der Waals surface area contributed by atoms with Gasteiger partial charge in [0.25, 0.3) is 0 Å². The molecule has 0 saturated heterocycles. The zero-order chi connectivity index (χ0) is 17.1. The van der Waals surface area contributed by atoms with Crippen LogP contribution in [0, 0.1) is 19.8 Å². The molecule has 0 fully saturated rings. The van der Waals surface area contributed by atoms with Crippen molar-refractivity contribution in [2.24, 2.45) is 5.92 Å². The van der Waals surface area contributed by atoms with Gasteiger partial charge in [0.05, 0.1) is 12.2 Å². The summed E-state index contributed by atoms with van der Waals surface area (Å²) in [6.07, 6.45) is 2.95. The Morgan fingerprint density at radius 2 is 2.21 bits per heavy atom. The molecular formula is C16H24N6OS. The number of carbonyl (C=O) groups excluding carboxylic acids is 1. The van der Waals surface area contributed by atoms with Gasteiger partial charge >= 0.3 is 0 Å². The van der Waals surface area contributed by atoms with Crippen LogP contribution in [0.25, 0.3) is 0 Å². The molecule has 7 nitrogen and oxygen atoms in total. The molecule has 0 saturated carbocycles. The SMILES string of the molecule is CCc1nnc2n1C[C@@H](CNCC(=O)Nc1nc(C)c(C)s1)CC2. The third-order valence-corrected chi connectivity index (χ3v) is 5.42. The Hall–Kier alpha value is -1.80. The molecule has 130 valence electrons. The number of hydrogen-bond acceptors (Lipinski definition) is 6. The van der Waals surface area contributed by atoms with E-state index >= 15 is 0 Å². The molecule has 2 aromatic rings. The van der Waals surface area contributed by atoms with Crippen molar-refractivity contribution in [2.75, 3.05) is 18.4 Å². The van der Waals surface area contributed by atoms with Crippen LogP contribution in [0.15, 0.2) is 0 Å². The van der Waals surface area contributed by atoms with E-state index in [4.69, 9.17) is 0 Å². The lowest BCUT2D eigenvalue weighted by molar-refractivity contribution is -0.115. The van der Waals surface area contributed by atoms with Gasteiger partial charge in [0, 0.05) is 30.8 Å². The number of amides is 1. The number of fused-ring (bicyclic) bond motifs is 1. The van der Waals surface area contributed by atoms with Crippen molar-refractivity contribution >= 4 is 22.4 Å². The maximum atomic E-state index is 12.0. The first-order chi connectivity index (χ1) is 11.6. The van der Waals surface area contributed by atoms with Gasteiger partial charge in [0.1, 0.15) is 11.6 Å². The number of thiazole rings is 1. The van der Waals surface area contributed by atoms with Crippen LogP contribution in [0.4, 0.5) is 5.13 Å². The predicted octanol–water partition coefficient (Wildman–Crippen LogP) is 1.70. The van der Waals surface area contributed by atoms with Gasteiger partial charge in [-0.05, 0) is 26.2 Å². The largest absolute Gasteiger partial charge is 0.315 e. The first-order valence-corrected chi connectivity index (χ1v) is 9.24. The van der Waals surface area contributed by atoms with Crippen LogP contribution in [-0.4, -0.2) is 38.7 Å². The van der Waals surface area contributed by atoms with E-state index in [9.17, 15) is 4.79 Å². The summed E-state index contributed by atoms with van der Waals surface area (Å²) < 4.78 is 2.23. The summed E-state index contributed by atoms with van der Waals surface area (Å²) in [5.74, 6) is 2.62. The molecule has 0 aromatic carbocycles. The van der Waals surface area contributed by atoms with Crippen LogP contribution in [0.3, 0.4) is 0 Å². The average molecular weight is 348 g/mol. The van der Waals surface area contributed by atoms with Crippen molar-refractivity contribution in [2.45, 2.75) is 46.6 Å². The predicted molar refractivity (Wildman–Crippen MR) is 94.3 cm³/mol. The van der Waals surface area contributed by atoms with Crippen LogP contribution in [0.1, 0.15) is 35.6 Å². The first kappa shape index (κ1) is 17.0. The zero-order valence-electron chi connectivity index (χ0n) is 14.4. The quantitative estimate of drug-likeness (QED) is 0.830. The fraction of sp³-hybridized carbons (Fsp3) is 0.625. The van der Waals surface area contributed by atoms with Crippen LogP contribution in [0.2, 0.25) is 0 Å². The van der Waals surface area contributed by atoms with Crippen molar-refractivity contribution in [1.29, 1.82) is 0 Å². The standard InChI is InChI=1S/C16H24N6OS/c1-4-13-20-21-14-6-5-12(9-22(13)14)7-17-8-15(23)19-16-18-10(2)11(3)24-16/h12,17H,4-9H2,1-3H3,(H,18,19,23)/t12-/m1/s1. The summed E-state index contributed by atoms with van der Waals surface area (Å²) in [4.78, 5) is 17.5. The van der Waals surface area contributed by atoms with Crippen LogP contribution < -0.4 is 10.6 Å². The Kier molecular flexibility index (Phi) is 5.25. The van der Waals surface area contributed by atoms with Gasteiger partial charge < -0.3 is 15.2 Å². The lowest BCUT2D eigenvalue weighted by Gasteiger charge is -2.24. The Morgan fingerprint density at radius 3 is 2.92 bits per heavy atom. The van der Waals surface area contributed by atoms with E-state index in [1.807, 2.05) is 13.8 Å². The number of nitrogens with one attached hydrogen (secondary N) is 2. The van der Waals surface area contributed by atoms with Gasteiger partial charge in [-0.2, -0.15) is 0 Å². The highest BCUT2D eigenvalue weighted by molar-refractivity contribution is 7.15. The van der Waals surface area contributed by atoms with E-state index in [0.29, 0.717) is 17.6 Å². The van der Waals surface area contributed by atoms with Gasteiger partial charge in [0.15, 0.2) is 5.13 Å². The molecule has 0 aliphatic carbocycles. The molecule has 24 heavy (non-hydrogen) atoms. The van der Waals surface area contributed by atoms with Gasteiger partial charge in [-0.1, -0.05) is 6.92 Å². The molecule has 1 aliphatic heterocycles. The minimum absolute atomic E-state index is 0.0428. The second-order valence-corrected chi connectivity index (χ2v) is 7.44. The van der Waals surface area contributed by atoms with Gasteiger partial charge in [-0.15, -0.1) is 21.5 Å². The topological polar surface area (TPSA) is 84.7 Å². The maximum absolute atomic E-state index is 12.0. The Bertz CT molecular complexity index is 689. The number of anilines is 1. The molecule has 2 aromatic heterocycles. The lowest BCUT2D eigenvalue weighted by atomic mass is 9.99. The molecule has 0 bridgehead atoms.